The Kier molecular flexibility index (Phi) is 1.83. The second kappa shape index (κ2) is 2.87. The van der Waals surface area contributed by atoms with Crippen LogP contribution in [-0.4, -0.2) is 16.1 Å². The van der Waals surface area contributed by atoms with Gasteiger partial charge in [0.15, 0.2) is 12.1 Å². The number of hydrogen-bond donors (Lipinski definition) is 1. The third-order valence-electron chi connectivity index (χ3n) is 2.54. The number of carboxylic acids is 1. The molecular weight excluding hydrogens is 170 g/mol. The van der Waals surface area contributed by atoms with E-state index in [0.717, 1.165) is 0 Å². The first kappa shape index (κ1) is 8.29. The van der Waals surface area contributed by atoms with Crippen LogP contribution in [0.1, 0.15) is 41.9 Å². The van der Waals surface area contributed by atoms with Crippen LogP contribution in [0.5, 0.6) is 0 Å². The summed E-state index contributed by atoms with van der Waals surface area (Å²) < 4.78 is 5.10. The highest BCUT2D eigenvalue weighted by atomic mass is 16.4. The van der Waals surface area contributed by atoms with Crippen LogP contribution in [0.25, 0.3) is 0 Å². The topological polar surface area (TPSA) is 63.3 Å². The summed E-state index contributed by atoms with van der Waals surface area (Å²) in [5.41, 5.74) is 0.0689. The smallest absolute Gasteiger partial charge is 0.358 e. The number of aromatic nitrogens is 1. The van der Waals surface area contributed by atoms with Gasteiger partial charge in [-0.3, -0.25) is 0 Å². The Morgan fingerprint density at radius 3 is 3.00 bits per heavy atom. The van der Waals surface area contributed by atoms with Crippen LogP contribution in [0.3, 0.4) is 0 Å². The van der Waals surface area contributed by atoms with E-state index in [1.807, 2.05) is 6.92 Å². The first-order chi connectivity index (χ1) is 6.20. The lowest BCUT2D eigenvalue weighted by molar-refractivity contribution is 0.0688. The van der Waals surface area contributed by atoms with Gasteiger partial charge in [0.2, 0.25) is 0 Å². The van der Waals surface area contributed by atoms with Gasteiger partial charge in [-0.15, -0.1) is 0 Å². The molecule has 1 unspecified atom stereocenters. The zero-order chi connectivity index (χ0) is 9.42. The van der Waals surface area contributed by atoms with Crippen molar-refractivity contribution in [1.82, 2.24) is 4.98 Å². The summed E-state index contributed by atoms with van der Waals surface area (Å²) in [6.45, 7) is 1.99. The lowest BCUT2D eigenvalue weighted by Gasteiger charge is -2.05. The number of carbonyl (C=O) groups is 1. The van der Waals surface area contributed by atoms with Crippen molar-refractivity contribution in [3.05, 3.63) is 17.8 Å². The highest BCUT2D eigenvalue weighted by molar-refractivity contribution is 5.86. The molecule has 1 aliphatic rings. The van der Waals surface area contributed by atoms with E-state index in [-0.39, 0.29) is 11.6 Å². The van der Waals surface area contributed by atoms with E-state index in [2.05, 4.69) is 4.98 Å². The molecule has 0 aromatic carbocycles. The van der Waals surface area contributed by atoms with E-state index >= 15 is 0 Å². The van der Waals surface area contributed by atoms with Crippen molar-refractivity contribution >= 4 is 5.97 Å². The van der Waals surface area contributed by atoms with Crippen LogP contribution >= 0.6 is 0 Å². The Morgan fingerprint density at radius 1 is 1.77 bits per heavy atom. The van der Waals surface area contributed by atoms with Gasteiger partial charge in [-0.1, -0.05) is 6.92 Å². The molecule has 0 radical (unpaired) electrons. The normalized spacial score (nSPS) is 18.5. The van der Waals surface area contributed by atoms with Gasteiger partial charge in [-0.05, 0) is 18.8 Å². The minimum absolute atomic E-state index is 0.0689. The number of oxazole rings is 1. The Bertz CT molecular complexity index is 327. The minimum Gasteiger partial charge on any atom is -0.476 e. The van der Waals surface area contributed by atoms with Gasteiger partial charge in [-0.25, -0.2) is 9.78 Å². The van der Waals surface area contributed by atoms with Crippen LogP contribution in [0.15, 0.2) is 10.8 Å². The van der Waals surface area contributed by atoms with E-state index in [1.165, 1.54) is 19.2 Å². The van der Waals surface area contributed by atoms with Gasteiger partial charge in [0.05, 0.1) is 0 Å². The molecular formula is C9H11NO3. The van der Waals surface area contributed by atoms with Crippen LogP contribution in [0, 0.1) is 5.92 Å². The molecule has 0 bridgehead atoms. The molecule has 4 heteroatoms. The molecule has 0 amide bonds. The van der Waals surface area contributed by atoms with Crippen LogP contribution in [0.2, 0.25) is 0 Å². The molecule has 1 fully saturated rings. The molecule has 0 saturated heterocycles. The molecule has 0 spiro atoms. The SMILES string of the molecule is CC(c1ocnc1C(=O)O)C1CC1. The fraction of sp³-hybridized carbons (Fsp3) is 0.556. The molecule has 1 heterocycles. The van der Waals surface area contributed by atoms with Crippen LogP contribution in [-0.2, 0) is 0 Å². The van der Waals surface area contributed by atoms with E-state index in [1.54, 1.807) is 0 Å². The highest BCUT2D eigenvalue weighted by Gasteiger charge is 2.34. The Hall–Kier alpha value is -1.32. The van der Waals surface area contributed by atoms with E-state index in [9.17, 15) is 4.79 Å². The van der Waals surface area contributed by atoms with Crippen molar-refractivity contribution in [2.75, 3.05) is 0 Å². The molecule has 1 atom stereocenters. The van der Waals surface area contributed by atoms with Crippen molar-refractivity contribution in [1.29, 1.82) is 0 Å². The molecule has 0 aliphatic heterocycles. The number of hydrogen-bond acceptors (Lipinski definition) is 3. The minimum atomic E-state index is -1.00. The summed E-state index contributed by atoms with van der Waals surface area (Å²) in [6, 6.07) is 0. The second-order valence-electron chi connectivity index (χ2n) is 3.50. The summed E-state index contributed by atoms with van der Waals surface area (Å²) in [4.78, 5) is 14.4. The highest BCUT2D eigenvalue weighted by Crippen LogP contribution is 2.42. The fourth-order valence-electron chi connectivity index (χ4n) is 1.55. The summed E-state index contributed by atoms with van der Waals surface area (Å²) >= 11 is 0. The largest absolute Gasteiger partial charge is 0.476 e. The summed E-state index contributed by atoms with van der Waals surface area (Å²) in [5.74, 6) is 0.297. The average molecular weight is 181 g/mol. The predicted octanol–water partition coefficient (Wildman–Crippen LogP) is 1.89. The lowest BCUT2D eigenvalue weighted by atomic mass is 10.0. The molecule has 1 saturated carbocycles. The molecule has 13 heavy (non-hydrogen) atoms. The second-order valence-corrected chi connectivity index (χ2v) is 3.50. The molecule has 4 nitrogen and oxygen atoms in total. The number of carboxylic acid groups (broad SMARTS) is 1. The summed E-state index contributed by atoms with van der Waals surface area (Å²) in [5, 5.41) is 8.78. The average Bonchev–Trinajstić information content (AvgIpc) is 2.80. The van der Waals surface area contributed by atoms with Crippen LogP contribution in [0.4, 0.5) is 0 Å². The van der Waals surface area contributed by atoms with Crippen molar-refractivity contribution < 1.29 is 14.3 Å². The maximum Gasteiger partial charge on any atom is 0.358 e. The maximum absolute atomic E-state index is 10.7. The van der Waals surface area contributed by atoms with Gasteiger partial charge in [0.25, 0.3) is 0 Å². The van der Waals surface area contributed by atoms with Gasteiger partial charge in [-0.2, -0.15) is 0 Å². The zero-order valence-electron chi connectivity index (χ0n) is 7.36. The van der Waals surface area contributed by atoms with Gasteiger partial charge in [0, 0.05) is 5.92 Å². The summed E-state index contributed by atoms with van der Waals surface area (Å²) in [6.07, 6.45) is 3.54. The number of nitrogens with zero attached hydrogens (tertiary/aromatic N) is 1. The first-order valence-corrected chi connectivity index (χ1v) is 4.37. The quantitative estimate of drug-likeness (QED) is 0.773. The molecule has 2 rings (SSSR count). The molecule has 1 N–H and O–H groups in total. The Balaban J connectivity index is 2.27. The molecule has 1 aliphatic carbocycles. The van der Waals surface area contributed by atoms with Crippen molar-refractivity contribution in [2.24, 2.45) is 5.92 Å². The number of aromatic carboxylic acids is 1. The monoisotopic (exact) mass is 181 g/mol. The van der Waals surface area contributed by atoms with E-state index in [0.29, 0.717) is 11.7 Å². The third kappa shape index (κ3) is 1.43. The predicted molar refractivity (Wildman–Crippen MR) is 44.6 cm³/mol. The van der Waals surface area contributed by atoms with Crippen molar-refractivity contribution in [3.8, 4) is 0 Å². The van der Waals surface area contributed by atoms with E-state index in [4.69, 9.17) is 9.52 Å². The number of rotatable bonds is 3. The van der Waals surface area contributed by atoms with Crippen molar-refractivity contribution in [3.63, 3.8) is 0 Å². The van der Waals surface area contributed by atoms with Crippen LogP contribution < -0.4 is 0 Å². The van der Waals surface area contributed by atoms with Gasteiger partial charge < -0.3 is 9.52 Å². The molecule has 1 aromatic rings. The van der Waals surface area contributed by atoms with E-state index < -0.39 is 5.97 Å². The lowest BCUT2D eigenvalue weighted by Crippen LogP contribution is -2.05. The Morgan fingerprint density at radius 2 is 2.46 bits per heavy atom. The third-order valence-corrected chi connectivity index (χ3v) is 2.54. The Labute approximate surface area is 75.6 Å². The summed E-state index contributed by atoms with van der Waals surface area (Å²) in [7, 11) is 0. The maximum atomic E-state index is 10.7. The molecule has 1 aromatic heterocycles. The van der Waals surface area contributed by atoms with Gasteiger partial charge >= 0.3 is 5.97 Å². The first-order valence-electron chi connectivity index (χ1n) is 4.37. The fourth-order valence-corrected chi connectivity index (χ4v) is 1.55. The molecule has 70 valence electrons. The standard InChI is InChI=1S/C9H11NO3/c1-5(6-2-3-6)8-7(9(11)12)10-4-13-8/h4-6H,2-3H2,1H3,(H,11,12). The van der Waals surface area contributed by atoms with Gasteiger partial charge in [0.1, 0.15) is 5.76 Å². The van der Waals surface area contributed by atoms with Crippen molar-refractivity contribution in [2.45, 2.75) is 25.7 Å². The zero-order valence-corrected chi connectivity index (χ0v) is 7.36.